The van der Waals surface area contributed by atoms with Crippen molar-refractivity contribution >= 4 is 28.1 Å². The van der Waals surface area contributed by atoms with Crippen LogP contribution >= 0.6 is 11.3 Å². The van der Waals surface area contributed by atoms with Crippen LogP contribution in [0.15, 0.2) is 36.8 Å². The normalized spacial score (nSPS) is 10.7. The predicted molar refractivity (Wildman–Crippen MR) is 73.7 cm³/mol. The first kappa shape index (κ1) is 11.1. The van der Waals surface area contributed by atoms with Gasteiger partial charge in [-0.25, -0.2) is 4.98 Å². The summed E-state index contributed by atoms with van der Waals surface area (Å²) in [5.41, 5.74) is 2.87. The fourth-order valence-electron chi connectivity index (χ4n) is 1.75. The summed E-state index contributed by atoms with van der Waals surface area (Å²) in [6.07, 6.45) is 5.32. The van der Waals surface area contributed by atoms with Crippen LogP contribution in [0, 0.1) is 6.92 Å². The molecule has 90 valence electrons. The third-order valence-electron chi connectivity index (χ3n) is 2.61. The lowest BCUT2D eigenvalue weighted by molar-refractivity contribution is 1.17. The van der Waals surface area contributed by atoms with Crippen molar-refractivity contribution in [3.8, 4) is 0 Å². The number of benzene rings is 1. The van der Waals surface area contributed by atoms with Crippen LogP contribution in [-0.2, 0) is 6.54 Å². The molecule has 3 aromatic rings. The molecule has 0 saturated heterocycles. The van der Waals surface area contributed by atoms with Crippen LogP contribution in [0.3, 0.4) is 0 Å². The highest BCUT2D eigenvalue weighted by Crippen LogP contribution is 2.17. The summed E-state index contributed by atoms with van der Waals surface area (Å²) in [7, 11) is 0. The molecule has 0 bridgehead atoms. The van der Waals surface area contributed by atoms with Crippen LogP contribution < -0.4 is 5.32 Å². The molecule has 0 aliphatic carbocycles. The minimum Gasteiger partial charge on any atom is -0.380 e. The van der Waals surface area contributed by atoms with E-state index in [-0.39, 0.29) is 0 Å². The van der Waals surface area contributed by atoms with Crippen LogP contribution in [-0.4, -0.2) is 15.0 Å². The van der Waals surface area contributed by atoms with Gasteiger partial charge in [-0.1, -0.05) is 0 Å². The van der Waals surface area contributed by atoms with E-state index >= 15 is 0 Å². The summed E-state index contributed by atoms with van der Waals surface area (Å²) < 4.78 is 0. The number of aryl methyl sites for hydroxylation is 1. The van der Waals surface area contributed by atoms with Gasteiger partial charge >= 0.3 is 0 Å². The molecule has 2 heterocycles. The molecule has 0 saturated carbocycles. The summed E-state index contributed by atoms with van der Waals surface area (Å²) in [5.74, 6) is 0. The van der Waals surface area contributed by atoms with Gasteiger partial charge < -0.3 is 5.32 Å². The van der Waals surface area contributed by atoms with E-state index in [2.05, 4.69) is 20.3 Å². The number of aromatic nitrogens is 3. The van der Waals surface area contributed by atoms with Gasteiger partial charge in [0.1, 0.15) is 0 Å². The smallest absolute Gasteiger partial charge is 0.0907 e. The van der Waals surface area contributed by atoms with Gasteiger partial charge in [-0.15, -0.1) is 11.3 Å². The Kier molecular flexibility index (Phi) is 2.90. The molecule has 5 heteroatoms. The number of hydrogen-bond acceptors (Lipinski definition) is 5. The third-order valence-corrected chi connectivity index (χ3v) is 3.52. The van der Waals surface area contributed by atoms with Crippen molar-refractivity contribution in [2.45, 2.75) is 13.5 Å². The van der Waals surface area contributed by atoms with Crippen LogP contribution in [0.5, 0.6) is 0 Å². The molecule has 0 fully saturated rings. The second kappa shape index (κ2) is 4.70. The maximum atomic E-state index is 4.29. The number of rotatable bonds is 3. The highest BCUT2D eigenvalue weighted by atomic mass is 32.1. The van der Waals surface area contributed by atoms with Gasteiger partial charge in [0.15, 0.2) is 0 Å². The van der Waals surface area contributed by atoms with Crippen molar-refractivity contribution in [1.82, 2.24) is 15.0 Å². The topological polar surface area (TPSA) is 50.7 Å². The first-order valence-corrected chi connectivity index (χ1v) is 6.49. The molecule has 0 radical (unpaired) electrons. The number of anilines is 1. The second-order valence-electron chi connectivity index (χ2n) is 3.96. The Bertz CT molecular complexity index is 677. The first-order chi connectivity index (χ1) is 8.81. The van der Waals surface area contributed by atoms with Crippen LogP contribution in [0.1, 0.15) is 9.88 Å². The fourth-order valence-corrected chi connectivity index (χ4v) is 2.48. The van der Waals surface area contributed by atoms with E-state index in [1.165, 1.54) is 4.88 Å². The van der Waals surface area contributed by atoms with E-state index in [1.54, 1.807) is 23.7 Å². The van der Waals surface area contributed by atoms with Crippen LogP contribution in [0.25, 0.3) is 11.0 Å². The Labute approximate surface area is 109 Å². The molecule has 0 spiro atoms. The highest BCUT2D eigenvalue weighted by molar-refractivity contribution is 7.11. The van der Waals surface area contributed by atoms with Crippen molar-refractivity contribution in [2.24, 2.45) is 0 Å². The first-order valence-electron chi connectivity index (χ1n) is 5.67. The Morgan fingerprint density at radius 2 is 1.94 bits per heavy atom. The number of nitrogens with zero attached hydrogens (tertiary/aromatic N) is 3. The lowest BCUT2D eigenvalue weighted by Crippen LogP contribution is -1.97. The second-order valence-corrected chi connectivity index (χ2v) is 5.28. The van der Waals surface area contributed by atoms with E-state index in [9.17, 15) is 0 Å². The lowest BCUT2D eigenvalue weighted by atomic mass is 10.2. The zero-order valence-electron chi connectivity index (χ0n) is 9.92. The van der Waals surface area contributed by atoms with Crippen molar-refractivity contribution < 1.29 is 0 Å². The maximum absolute atomic E-state index is 4.29. The molecule has 0 unspecified atom stereocenters. The number of nitrogens with one attached hydrogen (secondary N) is 1. The Morgan fingerprint density at radius 1 is 1.11 bits per heavy atom. The van der Waals surface area contributed by atoms with E-state index in [0.29, 0.717) is 0 Å². The van der Waals surface area contributed by atoms with E-state index < -0.39 is 0 Å². The van der Waals surface area contributed by atoms with E-state index in [4.69, 9.17) is 0 Å². The Balaban J connectivity index is 1.78. The molecule has 0 aliphatic rings. The molecule has 1 N–H and O–H groups in total. The van der Waals surface area contributed by atoms with Crippen molar-refractivity contribution in [2.75, 3.05) is 5.32 Å². The fraction of sp³-hybridized carbons (Fsp3) is 0.154. The standard InChI is InChI=1S/C13H12N4S/c1-9-16-7-11(18-9)8-17-10-2-3-12-13(6-10)15-5-4-14-12/h2-7,17H,8H2,1H3. The zero-order chi connectivity index (χ0) is 12.4. The average Bonchev–Trinajstić information content (AvgIpc) is 2.82. The van der Waals surface area contributed by atoms with Gasteiger partial charge in [0.25, 0.3) is 0 Å². The molecular weight excluding hydrogens is 244 g/mol. The number of fused-ring (bicyclic) bond motifs is 1. The van der Waals surface area contributed by atoms with E-state index in [0.717, 1.165) is 28.3 Å². The molecule has 0 atom stereocenters. The molecular formula is C13H12N4S. The summed E-state index contributed by atoms with van der Waals surface area (Å²) in [5, 5.41) is 4.46. The van der Waals surface area contributed by atoms with Crippen molar-refractivity contribution in [3.63, 3.8) is 0 Å². The quantitative estimate of drug-likeness (QED) is 0.782. The largest absolute Gasteiger partial charge is 0.380 e. The molecule has 2 aromatic heterocycles. The van der Waals surface area contributed by atoms with Gasteiger partial charge in [-0.3, -0.25) is 9.97 Å². The molecule has 1 aromatic carbocycles. The summed E-state index contributed by atoms with van der Waals surface area (Å²) in [4.78, 5) is 14.0. The Hall–Kier alpha value is -2.01. The third kappa shape index (κ3) is 2.31. The van der Waals surface area contributed by atoms with Gasteiger partial charge in [0.2, 0.25) is 0 Å². The Morgan fingerprint density at radius 3 is 2.72 bits per heavy atom. The lowest BCUT2D eigenvalue weighted by Gasteiger charge is -2.05. The van der Waals surface area contributed by atoms with Crippen molar-refractivity contribution in [1.29, 1.82) is 0 Å². The molecule has 4 nitrogen and oxygen atoms in total. The molecule has 18 heavy (non-hydrogen) atoms. The van der Waals surface area contributed by atoms with Gasteiger partial charge in [0.05, 0.1) is 22.6 Å². The molecule has 0 aliphatic heterocycles. The predicted octanol–water partition coefficient (Wildman–Crippen LogP) is 3.01. The maximum Gasteiger partial charge on any atom is 0.0907 e. The SMILES string of the molecule is Cc1ncc(CNc2ccc3nccnc3c2)s1. The summed E-state index contributed by atoms with van der Waals surface area (Å²) in [6.45, 7) is 2.80. The highest BCUT2D eigenvalue weighted by Gasteiger charge is 2.00. The van der Waals surface area contributed by atoms with Gasteiger partial charge in [0, 0.05) is 29.2 Å². The molecule has 0 amide bonds. The van der Waals surface area contributed by atoms with Gasteiger partial charge in [-0.05, 0) is 25.1 Å². The molecule has 3 rings (SSSR count). The van der Waals surface area contributed by atoms with Gasteiger partial charge in [-0.2, -0.15) is 0 Å². The summed E-state index contributed by atoms with van der Waals surface area (Å²) in [6, 6.07) is 6.00. The zero-order valence-corrected chi connectivity index (χ0v) is 10.7. The minimum absolute atomic E-state index is 0.789. The monoisotopic (exact) mass is 256 g/mol. The van der Waals surface area contributed by atoms with Crippen LogP contribution in [0.4, 0.5) is 5.69 Å². The summed E-state index contributed by atoms with van der Waals surface area (Å²) >= 11 is 1.71. The number of hydrogen-bond donors (Lipinski definition) is 1. The minimum atomic E-state index is 0.789. The van der Waals surface area contributed by atoms with Crippen LogP contribution in [0.2, 0.25) is 0 Å². The van der Waals surface area contributed by atoms with Crippen molar-refractivity contribution in [3.05, 3.63) is 46.7 Å². The van der Waals surface area contributed by atoms with E-state index in [1.807, 2.05) is 31.3 Å². The average molecular weight is 256 g/mol. The number of thiazole rings is 1.